The number of halogens is 5. The van der Waals surface area contributed by atoms with Gasteiger partial charge in [0.25, 0.3) is 0 Å². The van der Waals surface area contributed by atoms with Crippen LogP contribution in [0.1, 0.15) is 32.8 Å². The number of carbonyl (C=O) groups is 1. The van der Waals surface area contributed by atoms with Crippen LogP contribution in [0.25, 0.3) is 11.1 Å². The van der Waals surface area contributed by atoms with E-state index in [1.807, 2.05) is 0 Å². The standard InChI is InChI=1S/C23H25ClF4N2O3/c1-22(2,3)33-21(32)30-10-9-16(17(31)12-30)29-20-15(24)11-14(13-7-5-4-6-8-13)19(25)18(20)23(26,27)28/h4-8,11,16-17,29,31H,9-10,12H2,1-3H3. The van der Waals surface area contributed by atoms with Gasteiger partial charge in [-0.15, -0.1) is 0 Å². The first-order chi connectivity index (χ1) is 15.3. The molecule has 10 heteroatoms. The average molecular weight is 489 g/mol. The van der Waals surface area contributed by atoms with Gasteiger partial charge in [0.15, 0.2) is 0 Å². The summed E-state index contributed by atoms with van der Waals surface area (Å²) in [7, 11) is 0. The van der Waals surface area contributed by atoms with E-state index >= 15 is 4.39 Å². The molecule has 1 aliphatic rings. The van der Waals surface area contributed by atoms with Crippen LogP contribution in [0, 0.1) is 5.82 Å². The summed E-state index contributed by atoms with van der Waals surface area (Å²) in [5.74, 6) is -1.46. The summed E-state index contributed by atoms with van der Waals surface area (Å²) in [6.07, 6.45) is -6.79. The van der Waals surface area contributed by atoms with E-state index < -0.39 is 47.1 Å². The van der Waals surface area contributed by atoms with Crippen molar-refractivity contribution < 1.29 is 32.2 Å². The molecular weight excluding hydrogens is 464 g/mol. The second-order valence-corrected chi connectivity index (χ2v) is 9.27. The van der Waals surface area contributed by atoms with Gasteiger partial charge in [0.1, 0.15) is 17.0 Å². The Hall–Kier alpha value is -2.52. The maximum atomic E-state index is 15.1. The first-order valence-corrected chi connectivity index (χ1v) is 10.7. The van der Waals surface area contributed by atoms with Crippen molar-refractivity contribution in [2.24, 2.45) is 0 Å². The Morgan fingerprint density at radius 1 is 1.21 bits per heavy atom. The molecule has 2 atom stereocenters. The molecule has 0 saturated carbocycles. The van der Waals surface area contributed by atoms with Gasteiger partial charge in [-0.05, 0) is 38.8 Å². The highest BCUT2D eigenvalue weighted by Crippen LogP contribution is 2.44. The topological polar surface area (TPSA) is 61.8 Å². The van der Waals surface area contributed by atoms with Gasteiger partial charge < -0.3 is 20.1 Å². The second kappa shape index (κ2) is 9.38. The molecule has 5 nitrogen and oxygen atoms in total. The van der Waals surface area contributed by atoms with E-state index in [1.54, 1.807) is 39.0 Å². The fourth-order valence-corrected chi connectivity index (χ4v) is 3.90. The highest BCUT2D eigenvalue weighted by Gasteiger charge is 2.41. The van der Waals surface area contributed by atoms with Crippen molar-refractivity contribution in [1.82, 2.24) is 4.90 Å². The number of hydrogen-bond donors (Lipinski definition) is 2. The van der Waals surface area contributed by atoms with Crippen molar-refractivity contribution in [1.29, 1.82) is 0 Å². The summed E-state index contributed by atoms with van der Waals surface area (Å²) in [5, 5.41) is 12.8. The van der Waals surface area contributed by atoms with E-state index in [0.29, 0.717) is 0 Å². The monoisotopic (exact) mass is 488 g/mol. The molecule has 1 heterocycles. The third-order valence-corrected chi connectivity index (χ3v) is 5.45. The number of alkyl halides is 3. The number of nitrogens with zero attached hydrogens (tertiary/aromatic N) is 1. The third kappa shape index (κ3) is 5.89. The summed E-state index contributed by atoms with van der Waals surface area (Å²) in [5.41, 5.74) is -2.94. The second-order valence-electron chi connectivity index (χ2n) is 8.87. The zero-order valence-corrected chi connectivity index (χ0v) is 19.1. The van der Waals surface area contributed by atoms with Gasteiger partial charge >= 0.3 is 12.3 Å². The number of aliphatic hydroxyl groups is 1. The number of anilines is 1. The molecule has 0 spiro atoms. The summed E-state index contributed by atoms with van der Waals surface area (Å²) in [6, 6.07) is 8.04. The molecule has 2 unspecified atom stereocenters. The molecule has 0 aliphatic carbocycles. The number of piperidine rings is 1. The molecule has 2 N–H and O–H groups in total. The Morgan fingerprint density at radius 3 is 2.39 bits per heavy atom. The van der Waals surface area contributed by atoms with E-state index in [4.69, 9.17) is 16.3 Å². The summed E-state index contributed by atoms with van der Waals surface area (Å²) in [4.78, 5) is 13.5. The quantitative estimate of drug-likeness (QED) is 0.524. The van der Waals surface area contributed by atoms with Crippen LogP contribution in [-0.4, -0.2) is 46.9 Å². The molecule has 33 heavy (non-hydrogen) atoms. The highest BCUT2D eigenvalue weighted by atomic mass is 35.5. The van der Waals surface area contributed by atoms with Crippen LogP contribution in [-0.2, 0) is 10.9 Å². The van der Waals surface area contributed by atoms with E-state index in [0.717, 1.165) is 6.07 Å². The number of rotatable bonds is 3. The third-order valence-electron chi connectivity index (χ3n) is 5.15. The molecule has 1 amide bonds. The molecule has 0 bridgehead atoms. The van der Waals surface area contributed by atoms with Crippen molar-refractivity contribution in [2.75, 3.05) is 18.4 Å². The van der Waals surface area contributed by atoms with Gasteiger partial charge in [-0.2, -0.15) is 13.2 Å². The first kappa shape index (κ1) is 25.1. The van der Waals surface area contributed by atoms with Crippen LogP contribution in [0.4, 0.5) is 28.0 Å². The zero-order chi connectivity index (χ0) is 24.6. The van der Waals surface area contributed by atoms with E-state index in [9.17, 15) is 23.1 Å². The minimum absolute atomic E-state index is 0.107. The van der Waals surface area contributed by atoms with Gasteiger partial charge in [0.05, 0.1) is 29.4 Å². The van der Waals surface area contributed by atoms with Crippen LogP contribution in [0.15, 0.2) is 36.4 Å². The maximum absolute atomic E-state index is 15.1. The fourth-order valence-electron chi connectivity index (χ4n) is 3.64. The Kier molecular flexibility index (Phi) is 7.14. The van der Waals surface area contributed by atoms with Crippen LogP contribution in [0.2, 0.25) is 5.02 Å². The van der Waals surface area contributed by atoms with Crippen molar-refractivity contribution in [3.05, 3.63) is 52.8 Å². The molecule has 3 rings (SSSR count). The summed E-state index contributed by atoms with van der Waals surface area (Å²) in [6.45, 7) is 5.07. The average Bonchev–Trinajstić information content (AvgIpc) is 2.70. The lowest BCUT2D eigenvalue weighted by Gasteiger charge is -2.37. The number of benzene rings is 2. The van der Waals surface area contributed by atoms with Crippen LogP contribution >= 0.6 is 11.6 Å². The molecule has 1 aliphatic heterocycles. The summed E-state index contributed by atoms with van der Waals surface area (Å²) < 4.78 is 62.1. The molecular formula is C23H25ClF4N2O3. The van der Waals surface area contributed by atoms with Gasteiger partial charge in [-0.25, -0.2) is 9.18 Å². The van der Waals surface area contributed by atoms with Crippen molar-refractivity contribution in [2.45, 2.75) is 51.1 Å². The van der Waals surface area contributed by atoms with E-state index in [2.05, 4.69) is 5.32 Å². The molecule has 0 radical (unpaired) electrons. The lowest BCUT2D eigenvalue weighted by atomic mass is 9.97. The zero-order valence-electron chi connectivity index (χ0n) is 18.3. The molecule has 2 aromatic carbocycles. The van der Waals surface area contributed by atoms with E-state index in [-0.39, 0.29) is 35.7 Å². The number of likely N-dealkylation sites (tertiary alicyclic amines) is 1. The Bertz CT molecular complexity index is 1010. The molecule has 1 fully saturated rings. The number of ether oxygens (including phenoxy) is 1. The van der Waals surface area contributed by atoms with Gasteiger partial charge in [-0.3, -0.25) is 0 Å². The minimum Gasteiger partial charge on any atom is -0.444 e. The van der Waals surface area contributed by atoms with Gasteiger partial charge in [0, 0.05) is 12.1 Å². The predicted molar refractivity (Wildman–Crippen MR) is 118 cm³/mol. The van der Waals surface area contributed by atoms with Crippen LogP contribution < -0.4 is 5.32 Å². The number of aliphatic hydroxyl groups excluding tert-OH is 1. The predicted octanol–water partition coefficient (Wildman–Crippen LogP) is 5.95. The lowest BCUT2D eigenvalue weighted by molar-refractivity contribution is -0.139. The van der Waals surface area contributed by atoms with Crippen molar-refractivity contribution in [3.8, 4) is 11.1 Å². The first-order valence-electron chi connectivity index (χ1n) is 10.3. The fraction of sp³-hybridized carbons (Fsp3) is 0.435. The van der Waals surface area contributed by atoms with Crippen LogP contribution in [0.5, 0.6) is 0 Å². The molecule has 0 aromatic heterocycles. The smallest absolute Gasteiger partial charge is 0.421 e. The largest absolute Gasteiger partial charge is 0.444 e. The van der Waals surface area contributed by atoms with Gasteiger partial charge in [0.2, 0.25) is 0 Å². The van der Waals surface area contributed by atoms with Crippen molar-refractivity contribution >= 4 is 23.4 Å². The minimum atomic E-state index is -5.04. The molecule has 180 valence electrons. The normalized spacial score (nSPS) is 19.4. The van der Waals surface area contributed by atoms with Gasteiger partial charge in [-0.1, -0.05) is 41.9 Å². The SMILES string of the molecule is CC(C)(C)OC(=O)N1CCC(Nc2c(Cl)cc(-c3ccccc3)c(F)c2C(F)(F)F)C(O)C1. The Balaban J connectivity index is 1.88. The number of nitrogens with one attached hydrogen (secondary N) is 1. The molecule has 1 saturated heterocycles. The number of β-amino-alcohol motifs (C(OH)–C–C–N with tert-alkyl or cyclic N) is 1. The Labute approximate surface area is 194 Å². The lowest BCUT2D eigenvalue weighted by Crippen LogP contribution is -2.52. The highest BCUT2D eigenvalue weighted by molar-refractivity contribution is 6.33. The summed E-state index contributed by atoms with van der Waals surface area (Å²) >= 11 is 6.19. The van der Waals surface area contributed by atoms with Crippen LogP contribution in [0.3, 0.4) is 0 Å². The number of hydrogen-bond acceptors (Lipinski definition) is 4. The molecule has 2 aromatic rings. The maximum Gasteiger partial charge on any atom is 0.421 e. The van der Waals surface area contributed by atoms with Crippen molar-refractivity contribution in [3.63, 3.8) is 0 Å². The number of amides is 1. The van der Waals surface area contributed by atoms with E-state index in [1.165, 1.54) is 17.0 Å². The Morgan fingerprint density at radius 2 is 1.85 bits per heavy atom. The number of carbonyl (C=O) groups excluding carboxylic acids is 1.